The Labute approximate surface area is 229 Å². The molecule has 1 heterocycles. The predicted molar refractivity (Wildman–Crippen MR) is 151 cm³/mol. The van der Waals surface area contributed by atoms with E-state index < -0.39 is 13.4 Å². The van der Waals surface area contributed by atoms with Gasteiger partial charge in [-0.1, -0.05) is 103 Å². The summed E-state index contributed by atoms with van der Waals surface area (Å²) in [5, 5.41) is 0. The Morgan fingerprint density at radius 3 is 1.73 bits per heavy atom. The van der Waals surface area contributed by atoms with Gasteiger partial charge in [-0.05, 0) is 19.3 Å². The maximum absolute atomic E-state index is 12.1. The van der Waals surface area contributed by atoms with Crippen LogP contribution in [-0.2, 0) is 23.1 Å². The van der Waals surface area contributed by atoms with E-state index in [1.807, 2.05) is 21.1 Å². The number of likely N-dealkylation sites (N-methyl/N-ethyl adjacent to an activating group) is 1. The largest absolute Gasteiger partial charge is 0.756 e. The molecule has 1 saturated heterocycles. The number of hydrogen-bond acceptors (Lipinski definition) is 6. The summed E-state index contributed by atoms with van der Waals surface area (Å²) < 4.78 is 34.7. The summed E-state index contributed by atoms with van der Waals surface area (Å²) >= 11 is 0. The van der Waals surface area contributed by atoms with E-state index in [2.05, 4.69) is 6.92 Å². The van der Waals surface area contributed by atoms with Gasteiger partial charge in [0.05, 0.1) is 34.4 Å². The Balaban J connectivity index is 1.99. The molecule has 0 bridgehead atoms. The smallest absolute Gasteiger partial charge is 0.268 e. The molecule has 0 aromatic rings. The van der Waals surface area contributed by atoms with E-state index in [1.54, 1.807) is 0 Å². The Kier molecular flexibility index (Phi) is 19.7. The lowest BCUT2D eigenvalue weighted by Gasteiger charge is -2.32. The highest BCUT2D eigenvalue weighted by atomic mass is 31.2. The van der Waals surface area contributed by atoms with Crippen molar-refractivity contribution in [2.75, 3.05) is 60.7 Å². The van der Waals surface area contributed by atoms with Crippen LogP contribution in [0.15, 0.2) is 0 Å². The third-order valence-corrected chi connectivity index (χ3v) is 8.13. The molecule has 0 N–H and O–H groups in total. The number of quaternary nitrogens is 1. The number of ether oxygens (including phenoxy) is 2. The minimum absolute atomic E-state index is 0.0445. The Hall–Kier alpha value is -0.0100. The van der Waals surface area contributed by atoms with Gasteiger partial charge in [0, 0.05) is 13.2 Å². The molecule has 1 unspecified atom stereocenters. The molecule has 222 valence electrons. The Morgan fingerprint density at radius 1 is 0.757 bits per heavy atom. The summed E-state index contributed by atoms with van der Waals surface area (Å²) in [6.07, 6.45) is 23.2. The molecule has 0 aliphatic carbocycles. The zero-order chi connectivity index (χ0) is 27.3. The zero-order valence-electron chi connectivity index (χ0n) is 24.8. The monoisotopic (exact) mass is 549 g/mol. The van der Waals surface area contributed by atoms with E-state index >= 15 is 0 Å². The number of hydrogen-bond donors (Lipinski definition) is 0. The maximum atomic E-state index is 12.1. The van der Waals surface area contributed by atoms with Crippen LogP contribution in [0.1, 0.15) is 122 Å². The van der Waals surface area contributed by atoms with Gasteiger partial charge in [0.2, 0.25) is 0 Å². The molecule has 0 spiro atoms. The van der Waals surface area contributed by atoms with Crippen molar-refractivity contribution in [2.45, 2.75) is 128 Å². The molecule has 2 atom stereocenters. The van der Waals surface area contributed by atoms with E-state index in [1.165, 1.54) is 96.3 Å². The van der Waals surface area contributed by atoms with Gasteiger partial charge in [-0.25, -0.2) is 0 Å². The van der Waals surface area contributed by atoms with Gasteiger partial charge < -0.3 is 27.9 Å². The second kappa shape index (κ2) is 20.8. The lowest BCUT2D eigenvalue weighted by Crippen LogP contribution is -2.40. The van der Waals surface area contributed by atoms with Crippen molar-refractivity contribution in [1.29, 1.82) is 0 Å². The molecular weight excluding hydrogens is 489 g/mol. The fourth-order valence-electron chi connectivity index (χ4n) is 4.70. The molecule has 0 radical (unpaired) electrons. The topological polar surface area (TPSA) is 77.1 Å². The summed E-state index contributed by atoms with van der Waals surface area (Å²) in [4.78, 5) is 12.1. The van der Waals surface area contributed by atoms with Crippen LogP contribution in [0.3, 0.4) is 0 Å². The van der Waals surface area contributed by atoms with E-state index in [0.717, 1.165) is 19.3 Å². The summed E-state index contributed by atoms with van der Waals surface area (Å²) in [6, 6.07) is 0. The molecule has 1 aliphatic rings. The van der Waals surface area contributed by atoms with Crippen LogP contribution in [0.25, 0.3) is 0 Å². The van der Waals surface area contributed by atoms with E-state index in [0.29, 0.717) is 30.8 Å². The van der Waals surface area contributed by atoms with E-state index in [4.69, 9.17) is 18.5 Å². The average Bonchev–Trinajstić information content (AvgIpc) is 3.30. The van der Waals surface area contributed by atoms with Crippen LogP contribution < -0.4 is 4.89 Å². The molecule has 0 amide bonds. The molecule has 37 heavy (non-hydrogen) atoms. The fourth-order valence-corrected chi connectivity index (χ4v) is 5.47. The second-order valence-electron chi connectivity index (χ2n) is 12.1. The zero-order valence-corrected chi connectivity index (χ0v) is 25.7. The van der Waals surface area contributed by atoms with Gasteiger partial charge in [-0.2, -0.15) is 0 Å². The Bertz CT molecular complexity index is 577. The third-order valence-electron chi connectivity index (χ3n) is 7.19. The normalized spacial score (nSPS) is 19.9. The minimum atomic E-state index is -4.35. The summed E-state index contributed by atoms with van der Waals surface area (Å²) in [5.41, 5.74) is -0.682. The van der Waals surface area contributed by atoms with Crippen molar-refractivity contribution in [2.24, 2.45) is 0 Å². The number of phosphoric acid groups is 1. The Morgan fingerprint density at radius 2 is 1.27 bits per heavy atom. The molecule has 8 heteroatoms. The lowest BCUT2D eigenvalue weighted by molar-refractivity contribution is -0.870. The molecule has 0 aromatic carbocycles. The minimum Gasteiger partial charge on any atom is -0.756 e. The van der Waals surface area contributed by atoms with E-state index in [9.17, 15) is 9.46 Å². The summed E-state index contributed by atoms with van der Waals surface area (Å²) in [6.45, 7) is 4.57. The third kappa shape index (κ3) is 20.5. The van der Waals surface area contributed by atoms with Crippen LogP contribution in [0.2, 0.25) is 0 Å². The van der Waals surface area contributed by atoms with Crippen LogP contribution in [0, 0.1) is 0 Å². The SMILES string of the molecule is CCCCCCCCCCCCCCCCCCOC[C@]1(COP(=O)([O-])OCC[N+](C)(C)C)CCCO1. The van der Waals surface area contributed by atoms with Gasteiger partial charge in [0.1, 0.15) is 18.8 Å². The molecule has 0 aromatic heterocycles. The number of phosphoric ester groups is 1. The standard InChI is InChI=1S/C29H60NO6P/c1-5-6-7-8-9-10-11-12-13-14-15-16-17-18-19-20-24-33-27-29(22-21-25-34-29)28-36-37(31,32)35-26-23-30(2,3)4/h5-28H2,1-4H3/t29-/m0/s1. The van der Waals surface area contributed by atoms with Crippen molar-refractivity contribution in [3.8, 4) is 0 Å². The van der Waals surface area contributed by atoms with E-state index in [-0.39, 0.29) is 13.2 Å². The van der Waals surface area contributed by atoms with Crippen molar-refractivity contribution in [3.63, 3.8) is 0 Å². The number of nitrogens with zero attached hydrogens (tertiary/aromatic N) is 1. The first-order chi connectivity index (χ1) is 17.7. The van der Waals surface area contributed by atoms with Crippen LogP contribution in [-0.4, -0.2) is 70.8 Å². The van der Waals surface area contributed by atoms with Crippen molar-refractivity contribution in [3.05, 3.63) is 0 Å². The summed E-state index contributed by atoms with van der Waals surface area (Å²) in [7, 11) is 1.60. The fraction of sp³-hybridized carbons (Fsp3) is 1.00. The van der Waals surface area contributed by atoms with Gasteiger partial charge in [0.15, 0.2) is 0 Å². The van der Waals surface area contributed by atoms with Crippen LogP contribution in [0.5, 0.6) is 0 Å². The second-order valence-corrected chi connectivity index (χ2v) is 13.5. The summed E-state index contributed by atoms with van der Waals surface area (Å²) in [5.74, 6) is 0. The molecule has 0 saturated carbocycles. The van der Waals surface area contributed by atoms with Gasteiger partial charge in [-0.15, -0.1) is 0 Å². The van der Waals surface area contributed by atoms with Crippen LogP contribution in [0.4, 0.5) is 0 Å². The van der Waals surface area contributed by atoms with Gasteiger partial charge in [0.25, 0.3) is 7.82 Å². The highest BCUT2D eigenvalue weighted by Crippen LogP contribution is 2.41. The number of unbranched alkanes of at least 4 members (excludes halogenated alkanes) is 15. The molecular formula is C29H60NO6P. The average molecular weight is 550 g/mol. The van der Waals surface area contributed by atoms with Crippen LogP contribution >= 0.6 is 7.82 Å². The molecule has 7 nitrogen and oxygen atoms in total. The quantitative estimate of drug-likeness (QED) is 0.0655. The van der Waals surface area contributed by atoms with Gasteiger partial charge >= 0.3 is 0 Å². The highest BCUT2D eigenvalue weighted by Gasteiger charge is 2.37. The highest BCUT2D eigenvalue weighted by molar-refractivity contribution is 7.45. The van der Waals surface area contributed by atoms with Crippen molar-refractivity contribution in [1.82, 2.24) is 0 Å². The maximum Gasteiger partial charge on any atom is 0.268 e. The first-order valence-corrected chi connectivity index (χ1v) is 16.8. The number of rotatable bonds is 26. The molecule has 1 rings (SSSR count). The predicted octanol–water partition coefficient (Wildman–Crippen LogP) is 7.02. The lowest BCUT2D eigenvalue weighted by atomic mass is 10.0. The van der Waals surface area contributed by atoms with Crippen molar-refractivity contribution >= 4 is 7.82 Å². The van der Waals surface area contributed by atoms with Crippen molar-refractivity contribution < 1.29 is 32.5 Å². The van der Waals surface area contributed by atoms with Gasteiger partial charge in [-0.3, -0.25) is 4.57 Å². The molecule has 1 fully saturated rings. The first-order valence-electron chi connectivity index (χ1n) is 15.3. The first kappa shape index (κ1) is 35.0. The molecule has 1 aliphatic heterocycles.